The predicted octanol–water partition coefficient (Wildman–Crippen LogP) is 2.28. The fraction of sp³-hybridized carbons (Fsp3) is 0.316. The predicted molar refractivity (Wildman–Crippen MR) is 98.9 cm³/mol. The van der Waals surface area contributed by atoms with E-state index in [1.165, 1.54) is 18.2 Å². The average molecular weight is 360 g/mol. The van der Waals surface area contributed by atoms with Gasteiger partial charge >= 0.3 is 0 Å². The number of sulfonamides is 1. The molecule has 0 fully saturated rings. The number of hydrogen-bond acceptors (Lipinski definition) is 3. The standard InChI is InChI=1S/C19H24N2O3S/c1-15-8-10-18(11-9-15)25(23,24)21(3)14-19(22)20-13-12-17-7-5-4-6-16(17)2/h4-11H,12-14H2,1-3H3,(H,20,22). The maximum absolute atomic E-state index is 12.5. The molecule has 0 saturated carbocycles. The SMILES string of the molecule is Cc1ccc(S(=O)(=O)N(C)CC(=O)NCCc2ccccc2C)cc1. The molecule has 0 aromatic heterocycles. The van der Waals surface area contributed by atoms with E-state index in [-0.39, 0.29) is 17.3 Å². The fourth-order valence-electron chi connectivity index (χ4n) is 2.46. The molecule has 0 spiro atoms. The Labute approximate surface area is 149 Å². The molecule has 0 radical (unpaired) electrons. The number of nitrogens with one attached hydrogen (secondary N) is 1. The lowest BCUT2D eigenvalue weighted by molar-refractivity contribution is -0.121. The van der Waals surface area contributed by atoms with Crippen LogP contribution in [0.25, 0.3) is 0 Å². The number of carbonyl (C=O) groups excluding carboxylic acids is 1. The van der Waals surface area contributed by atoms with Gasteiger partial charge in [0.05, 0.1) is 11.4 Å². The van der Waals surface area contributed by atoms with Crippen LogP contribution in [0.5, 0.6) is 0 Å². The summed E-state index contributed by atoms with van der Waals surface area (Å²) in [6.07, 6.45) is 0.715. The van der Waals surface area contributed by atoms with Crippen LogP contribution >= 0.6 is 0 Å². The zero-order valence-electron chi connectivity index (χ0n) is 14.8. The summed E-state index contributed by atoms with van der Waals surface area (Å²) < 4.78 is 26.0. The smallest absolute Gasteiger partial charge is 0.243 e. The minimum atomic E-state index is -3.66. The summed E-state index contributed by atoms with van der Waals surface area (Å²) >= 11 is 0. The number of hydrogen-bond donors (Lipinski definition) is 1. The fourth-order valence-corrected chi connectivity index (χ4v) is 3.59. The van der Waals surface area contributed by atoms with Crippen molar-refractivity contribution in [3.05, 3.63) is 65.2 Å². The molecule has 0 bridgehead atoms. The second-order valence-electron chi connectivity index (χ2n) is 6.10. The molecular formula is C19H24N2O3S. The summed E-state index contributed by atoms with van der Waals surface area (Å²) in [6.45, 7) is 4.19. The Kier molecular flexibility index (Phi) is 6.33. The van der Waals surface area contributed by atoms with Gasteiger partial charge in [-0.1, -0.05) is 42.0 Å². The summed E-state index contributed by atoms with van der Waals surface area (Å²) in [5.41, 5.74) is 3.33. The second kappa shape index (κ2) is 8.27. The topological polar surface area (TPSA) is 66.5 Å². The molecule has 0 aliphatic rings. The zero-order chi connectivity index (χ0) is 18.4. The van der Waals surface area contributed by atoms with Crippen LogP contribution in [0.2, 0.25) is 0 Å². The molecule has 2 rings (SSSR count). The van der Waals surface area contributed by atoms with Gasteiger partial charge in [-0.05, 0) is 43.5 Å². The molecule has 1 N–H and O–H groups in total. The van der Waals surface area contributed by atoms with Gasteiger partial charge in [-0.2, -0.15) is 4.31 Å². The lowest BCUT2D eigenvalue weighted by Gasteiger charge is -2.17. The van der Waals surface area contributed by atoms with Gasteiger partial charge in [-0.3, -0.25) is 4.79 Å². The number of rotatable bonds is 7. The van der Waals surface area contributed by atoms with E-state index in [9.17, 15) is 13.2 Å². The van der Waals surface area contributed by atoms with E-state index < -0.39 is 10.0 Å². The number of nitrogens with zero attached hydrogens (tertiary/aromatic N) is 1. The Hall–Kier alpha value is -2.18. The first kappa shape index (κ1) is 19.1. The highest BCUT2D eigenvalue weighted by atomic mass is 32.2. The molecular weight excluding hydrogens is 336 g/mol. The van der Waals surface area contributed by atoms with Crippen molar-refractivity contribution in [1.29, 1.82) is 0 Å². The molecule has 6 heteroatoms. The monoisotopic (exact) mass is 360 g/mol. The molecule has 0 atom stereocenters. The Morgan fingerprint density at radius 2 is 1.68 bits per heavy atom. The van der Waals surface area contributed by atoms with Crippen molar-refractivity contribution in [2.45, 2.75) is 25.2 Å². The van der Waals surface area contributed by atoms with Crippen LogP contribution in [0.1, 0.15) is 16.7 Å². The largest absolute Gasteiger partial charge is 0.355 e. The van der Waals surface area contributed by atoms with Gasteiger partial charge in [0, 0.05) is 13.6 Å². The maximum atomic E-state index is 12.5. The van der Waals surface area contributed by atoms with Gasteiger partial charge in [-0.25, -0.2) is 8.42 Å². The van der Waals surface area contributed by atoms with Crippen molar-refractivity contribution in [2.24, 2.45) is 0 Å². The molecule has 134 valence electrons. The van der Waals surface area contributed by atoms with Crippen molar-refractivity contribution in [1.82, 2.24) is 9.62 Å². The molecule has 1 amide bonds. The molecule has 0 unspecified atom stereocenters. The first-order valence-corrected chi connectivity index (χ1v) is 9.59. The second-order valence-corrected chi connectivity index (χ2v) is 8.15. The minimum Gasteiger partial charge on any atom is -0.355 e. The number of likely N-dealkylation sites (N-methyl/N-ethyl adjacent to an activating group) is 1. The van der Waals surface area contributed by atoms with E-state index in [1.54, 1.807) is 24.3 Å². The Morgan fingerprint density at radius 1 is 1.04 bits per heavy atom. The number of benzene rings is 2. The summed E-state index contributed by atoms with van der Waals surface area (Å²) in [6, 6.07) is 14.6. The van der Waals surface area contributed by atoms with Crippen LogP contribution in [-0.4, -0.2) is 38.8 Å². The third-order valence-electron chi connectivity index (χ3n) is 4.07. The van der Waals surface area contributed by atoms with Crippen molar-refractivity contribution in [3.63, 3.8) is 0 Å². The van der Waals surface area contributed by atoms with Crippen molar-refractivity contribution in [3.8, 4) is 0 Å². The Morgan fingerprint density at radius 3 is 2.32 bits per heavy atom. The summed E-state index contributed by atoms with van der Waals surface area (Å²) in [5.74, 6) is -0.313. The maximum Gasteiger partial charge on any atom is 0.243 e. The average Bonchev–Trinajstić information content (AvgIpc) is 2.57. The van der Waals surface area contributed by atoms with Crippen molar-refractivity contribution in [2.75, 3.05) is 20.1 Å². The van der Waals surface area contributed by atoms with Gasteiger partial charge in [-0.15, -0.1) is 0 Å². The van der Waals surface area contributed by atoms with Gasteiger partial charge in [0.15, 0.2) is 0 Å². The van der Waals surface area contributed by atoms with Crippen LogP contribution in [0.4, 0.5) is 0 Å². The lowest BCUT2D eigenvalue weighted by atomic mass is 10.1. The number of aryl methyl sites for hydroxylation is 2. The van der Waals surface area contributed by atoms with E-state index in [2.05, 4.69) is 5.32 Å². The van der Waals surface area contributed by atoms with Crippen LogP contribution in [0.15, 0.2) is 53.4 Å². The molecule has 25 heavy (non-hydrogen) atoms. The van der Waals surface area contributed by atoms with Gasteiger partial charge in [0.25, 0.3) is 0 Å². The molecule has 0 saturated heterocycles. The van der Waals surface area contributed by atoms with Crippen LogP contribution in [-0.2, 0) is 21.2 Å². The first-order valence-electron chi connectivity index (χ1n) is 8.15. The summed E-state index contributed by atoms with van der Waals surface area (Å²) in [7, 11) is -2.25. The van der Waals surface area contributed by atoms with Gasteiger partial charge in [0.1, 0.15) is 0 Å². The highest BCUT2D eigenvalue weighted by molar-refractivity contribution is 7.89. The van der Waals surface area contributed by atoms with Gasteiger partial charge in [0.2, 0.25) is 15.9 Å². The molecule has 2 aromatic rings. The van der Waals surface area contributed by atoms with Crippen molar-refractivity contribution < 1.29 is 13.2 Å². The van der Waals surface area contributed by atoms with Gasteiger partial charge < -0.3 is 5.32 Å². The van der Waals surface area contributed by atoms with E-state index in [4.69, 9.17) is 0 Å². The quantitative estimate of drug-likeness (QED) is 0.824. The van der Waals surface area contributed by atoms with Crippen molar-refractivity contribution >= 4 is 15.9 Å². The minimum absolute atomic E-state index is 0.188. The molecule has 2 aromatic carbocycles. The number of amides is 1. The zero-order valence-corrected chi connectivity index (χ0v) is 15.6. The third-order valence-corrected chi connectivity index (χ3v) is 5.89. The van der Waals surface area contributed by atoms with E-state index >= 15 is 0 Å². The summed E-state index contributed by atoms with van der Waals surface area (Å²) in [5, 5.41) is 2.78. The highest BCUT2D eigenvalue weighted by Gasteiger charge is 2.22. The molecule has 0 aliphatic carbocycles. The Bertz CT molecular complexity index is 830. The van der Waals surface area contributed by atoms with E-state index in [1.807, 2.05) is 38.1 Å². The highest BCUT2D eigenvalue weighted by Crippen LogP contribution is 2.14. The molecule has 0 aliphatic heterocycles. The summed E-state index contributed by atoms with van der Waals surface area (Å²) in [4.78, 5) is 12.2. The van der Waals surface area contributed by atoms with Crippen LogP contribution in [0, 0.1) is 13.8 Å². The first-order chi connectivity index (χ1) is 11.8. The van der Waals surface area contributed by atoms with E-state index in [0.29, 0.717) is 13.0 Å². The lowest BCUT2D eigenvalue weighted by Crippen LogP contribution is -2.39. The number of carbonyl (C=O) groups is 1. The van der Waals surface area contributed by atoms with Crippen LogP contribution < -0.4 is 5.32 Å². The molecule has 0 heterocycles. The molecule has 5 nitrogen and oxygen atoms in total. The van der Waals surface area contributed by atoms with E-state index in [0.717, 1.165) is 9.87 Å². The third kappa shape index (κ3) is 5.14. The van der Waals surface area contributed by atoms with Crippen LogP contribution in [0.3, 0.4) is 0 Å². The normalized spacial score (nSPS) is 11.5. The Balaban J connectivity index is 1.89.